The van der Waals surface area contributed by atoms with Crippen LogP contribution in [0.2, 0.25) is 0 Å². The minimum Gasteiger partial charge on any atom is -0.349 e. The first kappa shape index (κ1) is 9.03. The van der Waals surface area contributed by atoms with Crippen molar-refractivity contribution in [2.24, 2.45) is 0 Å². The summed E-state index contributed by atoms with van der Waals surface area (Å²) >= 11 is 0. The van der Waals surface area contributed by atoms with Gasteiger partial charge in [-0.2, -0.15) is 10.3 Å². The third kappa shape index (κ3) is 1.75. The fraction of sp³-hybridized carbons (Fsp3) is 0.750. The number of aromatic amines is 1. The van der Waals surface area contributed by atoms with Crippen molar-refractivity contribution in [3.05, 3.63) is 6.20 Å². The number of H-pyrrole nitrogens is 1. The molecule has 1 aromatic rings. The minimum atomic E-state index is 0.454. The van der Waals surface area contributed by atoms with Crippen LogP contribution in [0.5, 0.6) is 0 Å². The molecule has 0 atom stereocenters. The van der Waals surface area contributed by atoms with Crippen LogP contribution in [0.4, 0.5) is 5.82 Å². The summed E-state index contributed by atoms with van der Waals surface area (Å²) in [5.74, 6) is 0.917. The monoisotopic (exact) mass is 168 g/mol. The Morgan fingerprint density at radius 2 is 1.83 bits per heavy atom. The average molecular weight is 168 g/mol. The fourth-order valence-corrected chi connectivity index (χ4v) is 1.45. The van der Waals surface area contributed by atoms with Gasteiger partial charge in [0.2, 0.25) is 0 Å². The van der Waals surface area contributed by atoms with Gasteiger partial charge in [-0.3, -0.25) is 0 Å². The maximum atomic E-state index is 4.05. The van der Waals surface area contributed by atoms with Crippen molar-refractivity contribution in [3.8, 4) is 0 Å². The van der Waals surface area contributed by atoms with Gasteiger partial charge in [0.15, 0.2) is 5.82 Å². The van der Waals surface area contributed by atoms with E-state index in [1.807, 2.05) is 0 Å². The van der Waals surface area contributed by atoms with Crippen LogP contribution in [0.3, 0.4) is 0 Å². The average Bonchev–Trinajstić information content (AvgIpc) is 2.37. The minimum absolute atomic E-state index is 0.454. The van der Waals surface area contributed by atoms with E-state index < -0.39 is 0 Å². The van der Waals surface area contributed by atoms with E-state index in [4.69, 9.17) is 0 Å². The zero-order chi connectivity index (χ0) is 9.14. The van der Waals surface area contributed by atoms with Gasteiger partial charge >= 0.3 is 0 Å². The summed E-state index contributed by atoms with van der Waals surface area (Å²) in [6.07, 6.45) is 1.75. The predicted octanol–water partition coefficient (Wildman–Crippen LogP) is 1.43. The van der Waals surface area contributed by atoms with Gasteiger partial charge in [0.25, 0.3) is 0 Å². The summed E-state index contributed by atoms with van der Waals surface area (Å²) in [7, 11) is 0. The number of anilines is 1. The Bertz CT molecular complexity index is 207. The molecule has 0 aliphatic rings. The van der Waals surface area contributed by atoms with Crippen molar-refractivity contribution in [2.45, 2.75) is 39.8 Å². The molecule has 0 aliphatic heterocycles. The molecule has 0 bridgehead atoms. The van der Waals surface area contributed by atoms with Gasteiger partial charge in [0.1, 0.15) is 0 Å². The molecule has 1 rings (SSSR count). The molecule has 0 unspecified atom stereocenters. The summed E-state index contributed by atoms with van der Waals surface area (Å²) in [6.45, 7) is 8.59. The van der Waals surface area contributed by atoms with Crippen LogP contribution in [0.1, 0.15) is 27.7 Å². The van der Waals surface area contributed by atoms with Crippen molar-refractivity contribution < 1.29 is 0 Å². The largest absolute Gasteiger partial charge is 0.349 e. The molecule has 4 nitrogen and oxygen atoms in total. The first-order valence-electron chi connectivity index (χ1n) is 4.27. The highest BCUT2D eigenvalue weighted by Gasteiger charge is 2.15. The van der Waals surface area contributed by atoms with E-state index in [0.717, 1.165) is 5.82 Å². The topological polar surface area (TPSA) is 44.8 Å². The number of rotatable bonds is 3. The molecule has 1 heterocycles. The third-order valence-corrected chi connectivity index (χ3v) is 1.78. The van der Waals surface area contributed by atoms with Gasteiger partial charge in [-0.15, -0.1) is 5.10 Å². The number of aromatic nitrogens is 3. The maximum Gasteiger partial charge on any atom is 0.171 e. The van der Waals surface area contributed by atoms with E-state index >= 15 is 0 Å². The van der Waals surface area contributed by atoms with Crippen molar-refractivity contribution in [3.63, 3.8) is 0 Å². The molecule has 0 radical (unpaired) electrons. The number of hydrogen-bond acceptors (Lipinski definition) is 3. The SMILES string of the molecule is CC(C)N(c1cn[nH]n1)C(C)C. The van der Waals surface area contributed by atoms with Crippen molar-refractivity contribution in [1.29, 1.82) is 0 Å². The Kier molecular flexibility index (Phi) is 2.68. The molecule has 4 heteroatoms. The molecule has 1 aromatic heterocycles. The molecule has 0 amide bonds. The van der Waals surface area contributed by atoms with Crippen molar-refractivity contribution in [2.75, 3.05) is 4.90 Å². The Labute approximate surface area is 73.0 Å². The van der Waals surface area contributed by atoms with E-state index in [1.165, 1.54) is 0 Å². The summed E-state index contributed by atoms with van der Waals surface area (Å²) in [6, 6.07) is 0.908. The summed E-state index contributed by atoms with van der Waals surface area (Å²) in [4.78, 5) is 2.21. The maximum absolute atomic E-state index is 4.05. The number of nitrogens with one attached hydrogen (secondary N) is 1. The van der Waals surface area contributed by atoms with Gasteiger partial charge in [-0.1, -0.05) is 0 Å². The second-order valence-corrected chi connectivity index (χ2v) is 3.42. The third-order valence-electron chi connectivity index (χ3n) is 1.78. The highest BCUT2D eigenvalue weighted by atomic mass is 15.4. The molecular formula is C8H16N4. The fourth-order valence-electron chi connectivity index (χ4n) is 1.45. The van der Waals surface area contributed by atoms with Gasteiger partial charge in [-0.25, -0.2) is 0 Å². The van der Waals surface area contributed by atoms with Crippen LogP contribution in [0.15, 0.2) is 6.20 Å². The zero-order valence-corrected chi connectivity index (χ0v) is 8.07. The Hall–Kier alpha value is -1.06. The van der Waals surface area contributed by atoms with E-state index in [0.29, 0.717) is 12.1 Å². The highest BCUT2D eigenvalue weighted by Crippen LogP contribution is 2.14. The molecule has 0 fully saturated rings. The Morgan fingerprint density at radius 3 is 2.17 bits per heavy atom. The van der Waals surface area contributed by atoms with Crippen LogP contribution in [-0.2, 0) is 0 Å². The first-order chi connectivity index (χ1) is 5.63. The molecule has 0 aromatic carbocycles. The Balaban J connectivity index is 2.81. The summed E-state index contributed by atoms with van der Waals surface area (Å²) in [5.41, 5.74) is 0. The molecule has 68 valence electrons. The lowest BCUT2D eigenvalue weighted by molar-refractivity contribution is 0.599. The first-order valence-corrected chi connectivity index (χ1v) is 4.27. The van der Waals surface area contributed by atoms with E-state index in [2.05, 4.69) is 48.0 Å². The van der Waals surface area contributed by atoms with Crippen LogP contribution in [0.25, 0.3) is 0 Å². The van der Waals surface area contributed by atoms with Gasteiger partial charge < -0.3 is 4.90 Å². The number of nitrogens with zero attached hydrogens (tertiary/aromatic N) is 3. The van der Waals surface area contributed by atoms with E-state index in [-0.39, 0.29) is 0 Å². The zero-order valence-electron chi connectivity index (χ0n) is 8.07. The second kappa shape index (κ2) is 3.56. The second-order valence-electron chi connectivity index (χ2n) is 3.42. The van der Waals surface area contributed by atoms with Gasteiger partial charge in [0.05, 0.1) is 6.20 Å². The van der Waals surface area contributed by atoms with Crippen molar-refractivity contribution in [1.82, 2.24) is 15.4 Å². The molecule has 1 N–H and O–H groups in total. The molecule has 0 aliphatic carbocycles. The molecular weight excluding hydrogens is 152 g/mol. The van der Waals surface area contributed by atoms with Crippen molar-refractivity contribution >= 4 is 5.82 Å². The van der Waals surface area contributed by atoms with E-state index in [1.54, 1.807) is 6.20 Å². The summed E-state index contributed by atoms with van der Waals surface area (Å²) in [5, 5.41) is 10.5. The smallest absolute Gasteiger partial charge is 0.171 e. The highest BCUT2D eigenvalue weighted by molar-refractivity contribution is 5.36. The predicted molar refractivity (Wildman–Crippen MR) is 49.1 cm³/mol. The van der Waals surface area contributed by atoms with Gasteiger partial charge in [0, 0.05) is 12.1 Å². The van der Waals surface area contributed by atoms with Crippen LogP contribution in [-0.4, -0.2) is 27.5 Å². The number of hydrogen-bond donors (Lipinski definition) is 1. The van der Waals surface area contributed by atoms with Crippen LogP contribution >= 0.6 is 0 Å². The molecule has 12 heavy (non-hydrogen) atoms. The van der Waals surface area contributed by atoms with E-state index in [9.17, 15) is 0 Å². The Morgan fingerprint density at radius 1 is 1.25 bits per heavy atom. The van der Waals surface area contributed by atoms with Crippen LogP contribution in [0, 0.1) is 0 Å². The summed E-state index contributed by atoms with van der Waals surface area (Å²) < 4.78 is 0. The lowest BCUT2D eigenvalue weighted by Crippen LogP contribution is -2.37. The standard InChI is InChI=1S/C8H16N4/c1-6(2)12(7(3)4)8-5-9-11-10-8/h5-7H,1-4H3,(H,9,10,11). The quantitative estimate of drug-likeness (QED) is 0.742. The molecule has 0 saturated carbocycles. The van der Waals surface area contributed by atoms with Gasteiger partial charge in [-0.05, 0) is 27.7 Å². The lowest BCUT2D eigenvalue weighted by atomic mass is 10.2. The normalized spacial score (nSPS) is 11.2. The molecule has 0 saturated heterocycles. The molecule has 0 spiro atoms. The van der Waals surface area contributed by atoms with Crippen LogP contribution < -0.4 is 4.90 Å². The lowest BCUT2D eigenvalue weighted by Gasteiger charge is -2.29.